The lowest BCUT2D eigenvalue weighted by molar-refractivity contribution is -0.0437. The van der Waals surface area contributed by atoms with E-state index in [1.807, 2.05) is 42.9 Å². The molecule has 1 aliphatic heterocycles. The highest BCUT2D eigenvalue weighted by Crippen LogP contribution is 2.50. The molecule has 0 bridgehead atoms. The van der Waals surface area contributed by atoms with Crippen LogP contribution in [0.5, 0.6) is 0 Å². The van der Waals surface area contributed by atoms with Gasteiger partial charge in [-0.2, -0.15) is 0 Å². The Bertz CT molecular complexity index is 972. The van der Waals surface area contributed by atoms with Crippen molar-refractivity contribution < 1.29 is 4.74 Å². The molecule has 0 aliphatic carbocycles. The SMILES string of the molecule is CCOC(c1cccnc1)C1(CCc2cccs2)CCN(C(C)(C)c2ccc(C)nc2)C1. The third-order valence-corrected chi connectivity index (χ3v) is 8.06. The minimum atomic E-state index is -0.0862. The van der Waals surface area contributed by atoms with Crippen molar-refractivity contribution in [2.45, 2.75) is 58.6 Å². The van der Waals surface area contributed by atoms with E-state index in [2.05, 4.69) is 71.4 Å². The van der Waals surface area contributed by atoms with Gasteiger partial charge in [-0.15, -0.1) is 11.3 Å². The molecule has 5 heteroatoms. The van der Waals surface area contributed by atoms with Gasteiger partial charge in [-0.3, -0.25) is 14.9 Å². The van der Waals surface area contributed by atoms with Gasteiger partial charge in [0.15, 0.2) is 0 Å². The molecule has 32 heavy (non-hydrogen) atoms. The van der Waals surface area contributed by atoms with Crippen molar-refractivity contribution in [1.29, 1.82) is 0 Å². The molecule has 170 valence electrons. The van der Waals surface area contributed by atoms with Crippen LogP contribution in [-0.4, -0.2) is 34.6 Å². The molecule has 1 aliphatic rings. The van der Waals surface area contributed by atoms with Crippen molar-refractivity contribution >= 4 is 11.3 Å². The fourth-order valence-corrected chi connectivity index (χ4v) is 5.79. The number of likely N-dealkylation sites (tertiary alicyclic amines) is 1. The average Bonchev–Trinajstić information content (AvgIpc) is 3.48. The molecule has 3 aromatic heterocycles. The fraction of sp³-hybridized carbons (Fsp3) is 0.481. The van der Waals surface area contributed by atoms with Gasteiger partial charge in [0, 0.05) is 53.3 Å². The van der Waals surface area contributed by atoms with Gasteiger partial charge in [-0.1, -0.05) is 18.2 Å². The smallest absolute Gasteiger partial charge is 0.0908 e. The largest absolute Gasteiger partial charge is 0.373 e. The molecular formula is C27H35N3OS. The number of hydrogen-bond donors (Lipinski definition) is 0. The third-order valence-electron chi connectivity index (χ3n) is 7.12. The molecular weight excluding hydrogens is 414 g/mol. The summed E-state index contributed by atoms with van der Waals surface area (Å²) in [7, 11) is 0. The Labute approximate surface area is 196 Å². The van der Waals surface area contributed by atoms with Gasteiger partial charge in [0.1, 0.15) is 0 Å². The molecule has 1 fully saturated rings. The second-order valence-corrected chi connectivity index (χ2v) is 10.5. The van der Waals surface area contributed by atoms with Gasteiger partial charge in [0.2, 0.25) is 0 Å². The number of rotatable bonds is 9. The molecule has 4 nitrogen and oxygen atoms in total. The zero-order chi connectivity index (χ0) is 22.6. The first-order chi connectivity index (χ1) is 15.4. The molecule has 0 saturated carbocycles. The minimum absolute atomic E-state index is 0.0399. The monoisotopic (exact) mass is 449 g/mol. The highest BCUT2D eigenvalue weighted by molar-refractivity contribution is 7.09. The number of aryl methyl sites for hydroxylation is 2. The first-order valence-corrected chi connectivity index (χ1v) is 12.5. The molecule has 2 atom stereocenters. The van der Waals surface area contributed by atoms with E-state index in [0.717, 1.165) is 38.0 Å². The van der Waals surface area contributed by atoms with Crippen LogP contribution in [0.3, 0.4) is 0 Å². The summed E-state index contributed by atoms with van der Waals surface area (Å²) in [6, 6.07) is 13.0. The van der Waals surface area contributed by atoms with Crippen molar-refractivity contribution in [2.24, 2.45) is 5.41 Å². The Morgan fingerprint density at radius 3 is 2.72 bits per heavy atom. The van der Waals surface area contributed by atoms with Crippen molar-refractivity contribution in [1.82, 2.24) is 14.9 Å². The molecule has 0 aromatic carbocycles. The number of thiophene rings is 1. The predicted octanol–water partition coefficient (Wildman–Crippen LogP) is 6.18. The zero-order valence-electron chi connectivity index (χ0n) is 19.8. The third kappa shape index (κ3) is 4.80. The van der Waals surface area contributed by atoms with Crippen molar-refractivity contribution in [3.63, 3.8) is 0 Å². The standard InChI is InChI=1S/C27H35N3OS/c1-5-31-25(22-8-6-15-28-18-22)27(13-12-24-9-7-17-32-24)14-16-30(20-27)26(3,4)23-11-10-21(2)29-19-23/h6-11,15,17-19,25H,5,12-14,16,20H2,1-4H3. The topological polar surface area (TPSA) is 38.2 Å². The quantitative estimate of drug-likeness (QED) is 0.391. The van der Waals surface area contributed by atoms with Crippen molar-refractivity contribution in [3.8, 4) is 0 Å². The summed E-state index contributed by atoms with van der Waals surface area (Å²) in [6.07, 6.45) is 9.22. The summed E-state index contributed by atoms with van der Waals surface area (Å²) < 4.78 is 6.49. The Hall–Kier alpha value is -2.08. The summed E-state index contributed by atoms with van der Waals surface area (Å²) >= 11 is 1.86. The van der Waals surface area contributed by atoms with E-state index in [0.29, 0.717) is 6.61 Å². The molecule has 3 aromatic rings. The van der Waals surface area contributed by atoms with Crippen LogP contribution >= 0.6 is 11.3 Å². The van der Waals surface area contributed by atoms with Crippen LogP contribution in [0.1, 0.15) is 61.4 Å². The average molecular weight is 450 g/mol. The maximum absolute atomic E-state index is 6.49. The zero-order valence-corrected chi connectivity index (χ0v) is 20.6. The second kappa shape index (κ2) is 9.82. The lowest BCUT2D eigenvalue weighted by atomic mass is 9.74. The van der Waals surface area contributed by atoms with E-state index in [1.165, 1.54) is 16.0 Å². The summed E-state index contributed by atoms with van der Waals surface area (Å²) in [5.41, 5.74) is 3.48. The van der Waals surface area contributed by atoms with E-state index < -0.39 is 0 Å². The van der Waals surface area contributed by atoms with Crippen molar-refractivity contribution in [2.75, 3.05) is 19.7 Å². The number of ether oxygens (including phenoxy) is 1. The van der Waals surface area contributed by atoms with E-state index in [-0.39, 0.29) is 17.1 Å². The van der Waals surface area contributed by atoms with Gasteiger partial charge < -0.3 is 4.74 Å². The maximum atomic E-state index is 6.49. The Balaban J connectivity index is 1.65. The van der Waals surface area contributed by atoms with Crippen LogP contribution < -0.4 is 0 Å². The summed E-state index contributed by atoms with van der Waals surface area (Å²) in [6.45, 7) is 11.6. The lowest BCUT2D eigenvalue weighted by Crippen LogP contribution is -2.43. The van der Waals surface area contributed by atoms with Crippen LogP contribution in [0.25, 0.3) is 0 Å². The molecule has 0 spiro atoms. The number of hydrogen-bond acceptors (Lipinski definition) is 5. The van der Waals surface area contributed by atoms with E-state index in [4.69, 9.17) is 4.74 Å². The Kier molecular flexibility index (Phi) is 7.08. The van der Waals surface area contributed by atoms with Gasteiger partial charge in [-0.25, -0.2) is 0 Å². The van der Waals surface area contributed by atoms with Crippen LogP contribution in [0.15, 0.2) is 60.4 Å². The first-order valence-electron chi connectivity index (χ1n) is 11.7. The molecule has 0 radical (unpaired) electrons. The molecule has 4 rings (SSSR count). The predicted molar refractivity (Wildman–Crippen MR) is 132 cm³/mol. The van der Waals surface area contributed by atoms with Gasteiger partial charge in [0.25, 0.3) is 0 Å². The van der Waals surface area contributed by atoms with E-state index in [1.54, 1.807) is 0 Å². The molecule has 0 amide bonds. The normalized spacial score (nSPS) is 20.5. The van der Waals surface area contributed by atoms with Crippen LogP contribution in [-0.2, 0) is 16.7 Å². The first kappa shape index (κ1) is 23.1. The number of nitrogens with zero attached hydrogens (tertiary/aromatic N) is 3. The van der Waals surface area contributed by atoms with E-state index in [9.17, 15) is 0 Å². The Morgan fingerprint density at radius 2 is 2.06 bits per heavy atom. The van der Waals surface area contributed by atoms with E-state index >= 15 is 0 Å². The number of aromatic nitrogens is 2. The lowest BCUT2D eigenvalue weighted by Gasteiger charge is -2.41. The van der Waals surface area contributed by atoms with Crippen LogP contribution in [0.4, 0.5) is 0 Å². The van der Waals surface area contributed by atoms with Gasteiger partial charge in [-0.05, 0) is 88.2 Å². The maximum Gasteiger partial charge on any atom is 0.0908 e. The highest BCUT2D eigenvalue weighted by atomic mass is 32.1. The summed E-state index contributed by atoms with van der Waals surface area (Å²) in [5, 5.41) is 2.18. The van der Waals surface area contributed by atoms with Gasteiger partial charge >= 0.3 is 0 Å². The van der Waals surface area contributed by atoms with Crippen molar-refractivity contribution in [3.05, 3.63) is 82.1 Å². The molecule has 2 unspecified atom stereocenters. The Morgan fingerprint density at radius 1 is 1.19 bits per heavy atom. The van der Waals surface area contributed by atoms with Crippen LogP contribution in [0.2, 0.25) is 0 Å². The van der Waals surface area contributed by atoms with Gasteiger partial charge in [0.05, 0.1) is 6.10 Å². The molecule has 4 heterocycles. The highest BCUT2D eigenvalue weighted by Gasteiger charge is 2.49. The van der Waals surface area contributed by atoms with Crippen LogP contribution in [0, 0.1) is 12.3 Å². The minimum Gasteiger partial charge on any atom is -0.373 e. The summed E-state index contributed by atoms with van der Waals surface area (Å²) in [4.78, 5) is 13.1. The fourth-order valence-electron chi connectivity index (χ4n) is 5.09. The number of pyridine rings is 2. The summed E-state index contributed by atoms with van der Waals surface area (Å²) in [5.74, 6) is 0. The second-order valence-electron chi connectivity index (χ2n) is 9.48. The molecule has 1 saturated heterocycles. The molecule has 0 N–H and O–H groups in total.